The first-order chi connectivity index (χ1) is 14.9. The monoisotopic (exact) mass is 443 g/mol. The number of alkyl carbamates (subject to hydrolysis) is 1. The van der Waals surface area contributed by atoms with Crippen molar-refractivity contribution in [3.05, 3.63) is 75.1 Å². The number of ether oxygens (including phenoxy) is 2. The highest BCUT2D eigenvalue weighted by molar-refractivity contribution is 6.33. The molecule has 0 fully saturated rings. The van der Waals surface area contributed by atoms with Crippen LogP contribution in [-0.4, -0.2) is 18.1 Å². The van der Waals surface area contributed by atoms with Gasteiger partial charge in [0.2, 0.25) is 0 Å². The molecule has 0 aliphatic heterocycles. The van der Waals surface area contributed by atoms with Crippen molar-refractivity contribution in [2.45, 2.75) is 39.3 Å². The molecule has 0 aliphatic rings. The zero-order chi connectivity index (χ0) is 22.4. The van der Waals surface area contributed by atoms with Crippen molar-refractivity contribution in [1.29, 1.82) is 0 Å². The van der Waals surface area contributed by atoms with Crippen LogP contribution in [0.15, 0.2) is 57.7 Å². The molecule has 0 saturated carbocycles. The SMILES string of the molecule is CCCc1cc(=O)oc2cc(OC(=O)[C@H](C)NC(=O)OCc3ccccc3)c(Cl)cc12. The van der Waals surface area contributed by atoms with Crippen molar-refractivity contribution in [2.24, 2.45) is 0 Å². The van der Waals surface area contributed by atoms with E-state index in [1.54, 1.807) is 6.07 Å². The number of carbonyl (C=O) groups is 2. The van der Waals surface area contributed by atoms with Crippen LogP contribution in [-0.2, 0) is 22.6 Å². The Labute approximate surface area is 183 Å². The molecule has 1 amide bonds. The molecular weight excluding hydrogens is 422 g/mol. The van der Waals surface area contributed by atoms with E-state index in [9.17, 15) is 14.4 Å². The Hall–Kier alpha value is -3.32. The predicted molar refractivity (Wildman–Crippen MR) is 116 cm³/mol. The molecule has 162 valence electrons. The molecular formula is C23H22ClNO6. The van der Waals surface area contributed by atoms with E-state index in [4.69, 9.17) is 25.5 Å². The highest BCUT2D eigenvalue weighted by atomic mass is 35.5. The highest BCUT2D eigenvalue weighted by Crippen LogP contribution is 2.31. The van der Waals surface area contributed by atoms with E-state index in [2.05, 4.69) is 5.32 Å². The van der Waals surface area contributed by atoms with Crippen molar-refractivity contribution < 1.29 is 23.5 Å². The molecule has 1 N–H and O–H groups in total. The zero-order valence-corrected chi connectivity index (χ0v) is 17.9. The molecule has 0 radical (unpaired) electrons. The summed E-state index contributed by atoms with van der Waals surface area (Å²) in [6, 6.07) is 12.6. The average Bonchev–Trinajstić information content (AvgIpc) is 2.74. The average molecular weight is 444 g/mol. The second-order valence-electron chi connectivity index (χ2n) is 6.97. The molecule has 3 rings (SSSR count). The lowest BCUT2D eigenvalue weighted by Crippen LogP contribution is -2.41. The maximum absolute atomic E-state index is 12.4. The van der Waals surface area contributed by atoms with Gasteiger partial charge in [0.15, 0.2) is 5.75 Å². The topological polar surface area (TPSA) is 94.8 Å². The lowest BCUT2D eigenvalue weighted by atomic mass is 10.1. The van der Waals surface area contributed by atoms with E-state index in [-0.39, 0.29) is 23.0 Å². The van der Waals surface area contributed by atoms with Crippen molar-refractivity contribution >= 4 is 34.6 Å². The first-order valence-corrected chi connectivity index (χ1v) is 10.2. The lowest BCUT2D eigenvalue weighted by molar-refractivity contribution is -0.136. The maximum atomic E-state index is 12.4. The molecule has 7 nitrogen and oxygen atoms in total. The third-order valence-electron chi connectivity index (χ3n) is 4.51. The molecule has 2 aromatic carbocycles. The quantitative estimate of drug-likeness (QED) is 0.325. The van der Waals surface area contributed by atoms with Gasteiger partial charge in [-0.1, -0.05) is 55.3 Å². The van der Waals surface area contributed by atoms with Crippen LogP contribution < -0.4 is 15.7 Å². The fourth-order valence-electron chi connectivity index (χ4n) is 2.98. The number of benzene rings is 2. The van der Waals surface area contributed by atoms with Gasteiger partial charge in [-0.2, -0.15) is 0 Å². The van der Waals surface area contributed by atoms with Crippen molar-refractivity contribution in [3.8, 4) is 5.75 Å². The maximum Gasteiger partial charge on any atom is 0.408 e. The molecule has 0 spiro atoms. The summed E-state index contributed by atoms with van der Waals surface area (Å²) < 4.78 is 15.6. The van der Waals surface area contributed by atoms with Crippen LogP contribution in [0.25, 0.3) is 11.0 Å². The van der Waals surface area contributed by atoms with Gasteiger partial charge in [0.05, 0.1) is 5.02 Å². The Morgan fingerprint density at radius 3 is 2.61 bits per heavy atom. The predicted octanol–water partition coefficient (Wildman–Crippen LogP) is 4.62. The number of halogens is 1. The Morgan fingerprint density at radius 2 is 1.90 bits per heavy atom. The third kappa shape index (κ3) is 5.86. The summed E-state index contributed by atoms with van der Waals surface area (Å²) in [4.78, 5) is 36.2. The standard InChI is InChI=1S/C23H22ClNO6/c1-3-7-16-10-21(26)30-19-12-20(18(24)11-17(16)19)31-22(27)14(2)25-23(28)29-13-15-8-5-4-6-9-15/h4-6,8-12,14H,3,7,13H2,1-2H3,(H,25,28)/t14-/m0/s1. The van der Waals surface area contributed by atoms with Gasteiger partial charge in [0, 0.05) is 17.5 Å². The molecule has 0 unspecified atom stereocenters. The van der Waals surface area contributed by atoms with Crippen LogP contribution in [0.5, 0.6) is 5.75 Å². The fraction of sp³-hybridized carbons (Fsp3) is 0.261. The van der Waals surface area contributed by atoms with Crippen molar-refractivity contribution in [1.82, 2.24) is 5.32 Å². The molecule has 0 bridgehead atoms. The molecule has 3 aromatic rings. The number of hydrogen-bond donors (Lipinski definition) is 1. The van der Waals surface area contributed by atoms with E-state index < -0.39 is 23.7 Å². The van der Waals surface area contributed by atoms with Crippen LogP contribution in [0.3, 0.4) is 0 Å². The van der Waals surface area contributed by atoms with Crippen LogP contribution >= 0.6 is 11.6 Å². The van der Waals surface area contributed by atoms with Crippen LogP contribution in [0.1, 0.15) is 31.4 Å². The smallest absolute Gasteiger partial charge is 0.408 e. The summed E-state index contributed by atoms with van der Waals surface area (Å²) in [7, 11) is 0. The number of aryl methyl sites for hydroxylation is 1. The number of nitrogens with one attached hydrogen (secondary N) is 1. The van der Waals surface area contributed by atoms with E-state index in [0.717, 1.165) is 17.5 Å². The summed E-state index contributed by atoms with van der Waals surface area (Å²) >= 11 is 6.28. The molecule has 1 aromatic heterocycles. The Balaban J connectivity index is 1.66. The largest absolute Gasteiger partial charge is 0.445 e. The van der Waals surface area contributed by atoms with E-state index in [1.807, 2.05) is 37.3 Å². The van der Waals surface area contributed by atoms with E-state index in [1.165, 1.54) is 19.1 Å². The highest BCUT2D eigenvalue weighted by Gasteiger charge is 2.21. The van der Waals surface area contributed by atoms with Gasteiger partial charge in [-0.25, -0.2) is 14.4 Å². The fourth-order valence-corrected chi connectivity index (χ4v) is 3.18. The number of rotatable bonds is 7. The number of fused-ring (bicyclic) bond motifs is 1. The Bertz CT molecular complexity index is 1140. The van der Waals surface area contributed by atoms with Crippen molar-refractivity contribution in [2.75, 3.05) is 0 Å². The van der Waals surface area contributed by atoms with Gasteiger partial charge < -0.3 is 19.2 Å². The minimum atomic E-state index is -0.992. The van der Waals surface area contributed by atoms with Gasteiger partial charge in [0.25, 0.3) is 0 Å². The minimum Gasteiger partial charge on any atom is -0.445 e. The molecule has 1 atom stereocenters. The minimum absolute atomic E-state index is 0.0299. The number of carbonyl (C=O) groups excluding carboxylic acids is 2. The normalized spacial score (nSPS) is 11.7. The number of amides is 1. The van der Waals surface area contributed by atoms with Crippen LogP contribution in [0, 0.1) is 0 Å². The first kappa shape index (κ1) is 22.4. The van der Waals surface area contributed by atoms with Gasteiger partial charge in [-0.05, 0) is 30.5 Å². The summed E-state index contributed by atoms with van der Waals surface area (Å²) in [5, 5.41) is 3.28. The summed E-state index contributed by atoms with van der Waals surface area (Å²) in [6.07, 6.45) is 0.771. The molecule has 8 heteroatoms. The van der Waals surface area contributed by atoms with E-state index in [0.29, 0.717) is 11.8 Å². The first-order valence-electron chi connectivity index (χ1n) is 9.82. The number of esters is 1. The third-order valence-corrected chi connectivity index (χ3v) is 4.81. The van der Waals surface area contributed by atoms with Crippen molar-refractivity contribution in [3.63, 3.8) is 0 Å². The lowest BCUT2D eigenvalue weighted by Gasteiger charge is -2.14. The summed E-state index contributed by atoms with van der Waals surface area (Å²) in [5.74, 6) is -0.716. The summed E-state index contributed by atoms with van der Waals surface area (Å²) in [6.45, 7) is 3.53. The van der Waals surface area contributed by atoms with Crippen LogP contribution in [0.4, 0.5) is 4.79 Å². The zero-order valence-electron chi connectivity index (χ0n) is 17.1. The molecule has 0 aliphatic carbocycles. The second kappa shape index (κ2) is 10.1. The molecule has 0 saturated heterocycles. The number of hydrogen-bond acceptors (Lipinski definition) is 6. The summed E-state index contributed by atoms with van der Waals surface area (Å²) in [5.41, 5.74) is 1.40. The van der Waals surface area contributed by atoms with Gasteiger partial charge >= 0.3 is 17.7 Å². The van der Waals surface area contributed by atoms with Crippen LogP contribution in [0.2, 0.25) is 5.02 Å². The van der Waals surface area contributed by atoms with Gasteiger partial charge in [-0.3, -0.25) is 0 Å². The molecule has 31 heavy (non-hydrogen) atoms. The molecule has 1 heterocycles. The van der Waals surface area contributed by atoms with Gasteiger partial charge in [0.1, 0.15) is 18.2 Å². The Morgan fingerprint density at radius 1 is 1.16 bits per heavy atom. The van der Waals surface area contributed by atoms with E-state index >= 15 is 0 Å². The second-order valence-corrected chi connectivity index (χ2v) is 7.38. The Kier molecular flexibility index (Phi) is 7.31. The van der Waals surface area contributed by atoms with Gasteiger partial charge in [-0.15, -0.1) is 0 Å².